The maximum absolute atomic E-state index is 11.8. The highest BCUT2D eigenvalue weighted by molar-refractivity contribution is 5.84. The van der Waals surface area contributed by atoms with Crippen LogP contribution in [0.15, 0.2) is 47.3 Å². The van der Waals surface area contributed by atoms with Gasteiger partial charge in [-0.3, -0.25) is 4.79 Å². The molecule has 0 aliphatic rings. The van der Waals surface area contributed by atoms with Crippen molar-refractivity contribution in [3.05, 3.63) is 58.6 Å². The van der Waals surface area contributed by atoms with E-state index in [0.717, 1.165) is 11.1 Å². The largest absolute Gasteiger partial charge is 0.507 e. The number of phenols is 1. The van der Waals surface area contributed by atoms with Crippen LogP contribution in [0.2, 0.25) is 0 Å². The zero-order valence-electron chi connectivity index (χ0n) is 10.3. The molecule has 0 aliphatic carbocycles. The average molecular weight is 252 g/mol. The van der Waals surface area contributed by atoms with E-state index in [0.29, 0.717) is 16.7 Å². The highest BCUT2D eigenvalue weighted by Crippen LogP contribution is 2.29. The highest BCUT2D eigenvalue weighted by atomic mass is 16.3. The second-order valence-corrected chi connectivity index (χ2v) is 4.40. The van der Waals surface area contributed by atoms with Gasteiger partial charge in [0.2, 0.25) is 0 Å². The van der Waals surface area contributed by atoms with E-state index >= 15 is 0 Å². The van der Waals surface area contributed by atoms with E-state index in [1.165, 1.54) is 0 Å². The molecule has 0 saturated carbocycles. The van der Waals surface area contributed by atoms with Gasteiger partial charge in [0.25, 0.3) is 5.56 Å². The molecule has 0 atom stereocenters. The van der Waals surface area contributed by atoms with E-state index in [9.17, 15) is 9.90 Å². The molecule has 94 valence electrons. The standard InChI is InChI=1S/C15H12N2O2/c1-9-16-13-8-10(6-7-12(13)15(19)17-9)11-4-2-3-5-14(11)18/h2-8,18H,1H3,(H,16,17,19). The number of para-hydroxylation sites is 1. The molecule has 0 saturated heterocycles. The highest BCUT2D eigenvalue weighted by Gasteiger charge is 2.07. The molecule has 2 aromatic carbocycles. The number of hydrogen-bond donors (Lipinski definition) is 2. The zero-order valence-corrected chi connectivity index (χ0v) is 10.3. The maximum Gasteiger partial charge on any atom is 0.258 e. The van der Waals surface area contributed by atoms with Gasteiger partial charge in [-0.1, -0.05) is 24.3 Å². The van der Waals surface area contributed by atoms with E-state index in [-0.39, 0.29) is 11.3 Å². The Morgan fingerprint density at radius 1 is 1.16 bits per heavy atom. The van der Waals surface area contributed by atoms with Gasteiger partial charge in [-0.15, -0.1) is 0 Å². The molecule has 0 bridgehead atoms. The molecule has 3 aromatic rings. The average Bonchev–Trinajstić information content (AvgIpc) is 2.38. The fourth-order valence-corrected chi connectivity index (χ4v) is 2.14. The number of fused-ring (bicyclic) bond motifs is 1. The van der Waals surface area contributed by atoms with Gasteiger partial charge >= 0.3 is 0 Å². The molecule has 1 aromatic heterocycles. The fraction of sp³-hybridized carbons (Fsp3) is 0.0667. The summed E-state index contributed by atoms with van der Waals surface area (Å²) in [4.78, 5) is 18.8. The number of hydrogen-bond acceptors (Lipinski definition) is 3. The van der Waals surface area contributed by atoms with E-state index in [1.54, 1.807) is 25.1 Å². The summed E-state index contributed by atoms with van der Waals surface area (Å²) in [5, 5.41) is 10.4. The van der Waals surface area contributed by atoms with Crippen LogP contribution in [0.25, 0.3) is 22.0 Å². The first-order valence-electron chi connectivity index (χ1n) is 5.94. The summed E-state index contributed by atoms with van der Waals surface area (Å²) in [5.74, 6) is 0.787. The number of H-pyrrole nitrogens is 1. The van der Waals surface area contributed by atoms with Crippen molar-refractivity contribution in [2.45, 2.75) is 6.92 Å². The first-order chi connectivity index (χ1) is 9.15. The number of nitrogens with zero attached hydrogens (tertiary/aromatic N) is 1. The summed E-state index contributed by atoms with van der Waals surface area (Å²) in [5.41, 5.74) is 2.04. The van der Waals surface area contributed by atoms with Crippen molar-refractivity contribution >= 4 is 10.9 Å². The number of aromatic nitrogens is 2. The van der Waals surface area contributed by atoms with E-state index in [2.05, 4.69) is 9.97 Å². The molecule has 0 spiro atoms. The lowest BCUT2D eigenvalue weighted by atomic mass is 10.0. The van der Waals surface area contributed by atoms with Gasteiger partial charge in [-0.05, 0) is 30.7 Å². The van der Waals surface area contributed by atoms with Crippen LogP contribution in [-0.2, 0) is 0 Å². The van der Waals surface area contributed by atoms with Crippen molar-refractivity contribution in [1.29, 1.82) is 0 Å². The third-order valence-electron chi connectivity index (χ3n) is 3.04. The van der Waals surface area contributed by atoms with Crippen molar-refractivity contribution in [3.8, 4) is 16.9 Å². The Morgan fingerprint density at radius 3 is 2.74 bits per heavy atom. The normalized spacial score (nSPS) is 10.8. The molecular weight excluding hydrogens is 240 g/mol. The number of phenolic OH excluding ortho intramolecular Hbond substituents is 1. The van der Waals surface area contributed by atoms with E-state index in [1.807, 2.05) is 24.3 Å². The molecule has 2 N–H and O–H groups in total. The summed E-state index contributed by atoms with van der Waals surface area (Å²) in [7, 11) is 0. The summed E-state index contributed by atoms with van der Waals surface area (Å²) < 4.78 is 0. The van der Waals surface area contributed by atoms with Crippen molar-refractivity contribution < 1.29 is 5.11 Å². The third-order valence-corrected chi connectivity index (χ3v) is 3.04. The number of rotatable bonds is 1. The Balaban J connectivity index is 2.28. The molecule has 4 heteroatoms. The summed E-state index contributed by atoms with van der Waals surface area (Å²) in [6.07, 6.45) is 0. The SMILES string of the molecule is Cc1nc2cc(-c3ccccc3O)ccc2c(=O)[nH]1. The molecule has 4 nitrogen and oxygen atoms in total. The van der Waals surface area contributed by atoms with Crippen LogP contribution in [0, 0.1) is 6.92 Å². The van der Waals surface area contributed by atoms with Gasteiger partial charge in [-0.2, -0.15) is 0 Å². The fourth-order valence-electron chi connectivity index (χ4n) is 2.14. The summed E-state index contributed by atoms with van der Waals surface area (Å²) in [6.45, 7) is 1.74. The number of nitrogens with one attached hydrogen (secondary N) is 1. The predicted octanol–water partition coefficient (Wildman–Crippen LogP) is 2.60. The minimum absolute atomic E-state index is 0.147. The van der Waals surface area contributed by atoms with E-state index < -0.39 is 0 Å². The minimum Gasteiger partial charge on any atom is -0.507 e. The summed E-state index contributed by atoms with van der Waals surface area (Å²) >= 11 is 0. The number of aryl methyl sites for hydroxylation is 1. The van der Waals surface area contributed by atoms with Crippen LogP contribution >= 0.6 is 0 Å². The molecule has 19 heavy (non-hydrogen) atoms. The Morgan fingerprint density at radius 2 is 1.95 bits per heavy atom. The van der Waals surface area contributed by atoms with Crippen LogP contribution in [0.3, 0.4) is 0 Å². The van der Waals surface area contributed by atoms with Crippen LogP contribution in [0.4, 0.5) is 0 Å². The Bertz CT molecular complexity index is 822. The predicted molar refractivity (Wildman–Crippen MR) is 74.2 cm³/mol. The lowest BCUT2D eigenvalue weighted by molar-refractivity contribution is 0.477. The number of aromatic amines is 1. The van der Waals surface area contributed by atoms with Crippen LogP contribution in [0.5, 0.6) is 5.75 Å². The van der Waals surface area contributed by atoms with Crippen LogP contribution in [0.1, 0.15) is 5.82 Å². The maximum atomic E-state index is 11.8. The van der Waals surface area contributed by atoms with Crippen molar-refractivity contribution in [2.24, 2.45) is 0 Å². The Kier molecular flexibility index (Phi) is 2.56. The second-order valence-electron chi connectivity index (χ2n) is 4.40. The lowest BCUT2D eigenvalue weighted by Gasteiger charge is -2.06. The number of aromatic hydroxyl groups is 1. The third kappa shape index (κ3) is 1.97. The molecule has 1 heterocycles. The number of benzene rings is 2. The molecule has 0 fully saturated rings. The molecule has 0 amide bonds. The van der Waals surface area contributed by atoms with Gasteiger partial charge in [-0.25, -0.2) is 4.98 Å². The Labute approximate surface area is 109 Å². The van der Waals surface area contributed by atoms with E-state index in [4.69, 9.17) is 0 Å². The van der Waals surface area contributed by atoms with Crippen molar-refractivity contribution in [3.63, 3.8) is 0 Å². The lowest BCUT2D eigenvalue weighted by Crippen LogP contribution is -2.09. The molecule has 0 radical (unpaired) electrons. The van der Waals surface area contributed by atoms with Crippen molar-refractivity contribution in [1.82, 2.24) is 9.97 Å². The summed E-state index contributed by atoms with van der Waals surface area (Å²) in [6, 6.07) is 12.4. The topological polar surface area (TPSA) is 66.0 Å². The first-order valence-corrected chi connectivity index (χ1v) is 5.94. The van der Waals surface area contributed by atoms with Crippen LogP contribution in [-0.4, -0.2) is 15.1 Å². The molecule has 0 aliphatic heterocycles. The smallest absolute Gasteiger partial charge is 0.258 e. The van der Waals surface area contributed by atoms with Crippen molar-refractivity contribution in [2.75, 3.05) is 0 Å². The van der Waals surface area contributed by atoms with Crippen LogP contribution < -0.4 is 5.56 Å². The zero-order chi connectivity index (χ0) is 13.4. The molecule has 3 rings (SSSR count). The van der Waals surface area contributed by atoms with Gasteiger partial charge in [0.05, 0.1) is 10.9 Å². The van der Waals surface area contributed by atoms with Gasteiger partial charge in [0, 0.05) is 5.56 Å². The van der Waals surface area contributed by atoms with Gasteiger partial charge < -0.3 is 10.1 Å². The van der Waals surface area contributed by atoms with Gasteiger partial charge in [0.1, 0.15) is 11.6 Å². The first kappa shape index (κ1) is 11.5. The Hall–Kier alpha value is -2.62. The quantitative estimate of drug-likeness (QED) is 0.699. The molecular formula is C15H12N2O2. The monoisotopic (exact) mass is 252 g/mol. The molecule has 0 unspecified atom stereocenters. The second kappa shape index (κ2) is 4.24. The van der Waals surface area contributed by atoms with Gasteiger partial charge in [0.15, 0.2) is 0 Å². The minimum atomic E-state index is -0.147.